The molecule has 0 aromatic heterocycles. The van der Waals surface area contributed by atoms with Crippen LogP contribution in [0.5, 0.6) is 0 Å². The second kappa shape index (κ2) is 9.85. The Morgan fingerprint density at radius 1 is 0.917 bits per heavy atom. The Labute approximate surface area is 216 Å². The molecule has 3 aromatic carbocycles. The van der Waals surface area contributed by atoms with Crippen LogP contribution in [0, 0.1) is 6.92 Å². The number of sulfonamides is 2. The van der Waals surface area contributed by atoms with Crippen molar-refractivity contribution in [1.29, 1.82) is 0 Å². The summed E-state index contributed by atoms with van der Waals surface area (Å²) in [5.74, 6) is -0.425. The Morgan fingerprint density at radius 2 is 1.61 bits per heavy atom. The third-order valence-corrected chi connectivity index (χ3v) is 9.88. The van der Waals surface area contributed by atoms with Crippen LogP contribution in [0.2, 0.25) is 5.02 Å². The highest BCUT2D eigenvalue weighted by Crippen LogP contribution is 2.33. The number of rotatable bonds is 7. The molecule has 8 nitrogen and oxygen atoms in total. The number of nitrogens with zero attached hydrogens (tertiary/aromatic N) is 3. The fourth-order valence-electron chi connectivity index (χ4n) is 4.13. The average Bonchev–Trinajstić information content (AvgIpc) is 3.27. The fourth-order valence-corrected chi connectivity index (χ4v) is 6.81. The first kappa shape index (κ1) is 26.2. The third kappa shape index (κ3) is 4.86. The van der Waals surface area contributed by atoms with Crippen molar-refractivity contribution >= 4 is 48.9 Å². The number of carbonyl (C=O) groups excluding carboxylic acids is 1. The van der Waals surface area contributed by atoms with Crippen LogP contribution in [0.15, 0.2) is 76.5 Å². The minimum Gasteiger partial charge on any atom is -0.310 e. The van der Waals surface area contributed by atoms with E-state index in [0.717, 1.165) is 8.61 Å². The van der Waals surface area contributed by atoms with Gasteiger partial charge in [0.25, 0.3) is 10.0 Å². The summed E-state index contributed by atoms with van der Waals surface area (Å²) in [6.07, 6.45) is 0.462. The van der Waals surface area contributed by atoms with E-state index in [2.05, 4.69) is 0 Å². The zero-order valence-corrected chi connectivity index (χ0v) is 22.4. The van der Waals surface area contributed by atoms with Gasteiger partial charge in [0, 0.05) is 31.4 Å². The van der Waals surface area contributed by atoms with Gasteiger partial charge in [0.15, 0.2) is 0 Å². The van der Waals surface area contributed by atoms with Gasteiger partial charge in [-0.25, -0.2) is 21.1 Å². The molecule has 0 N–H and O–H groups in total. The largest absolute Gasteiger partial charge is 0.310 e. The van der Waals surface area contributed by atoms with Crippen molar-refractivity contribution < 1.29 is 21.6 Å². The number of benzene rings is 3. The summed E-state index contributed by atoms with van der Waals surface area (Å²) >= 11 is 6.09. The van der Waals surface area contributed by atoms with Crippen molar-refractivity contribution in [1.82, 2.24) is 4.31 Å². The molecular weight excluding hydrogens is 522 g/mol. The van der Waals surface area contributed by atoms with Crippen LogP contribution in [-0.2, 0) is 31.3 Å². The number of anilines is 2. The Hall–Kier alpha value is -2.92. The Balaban J connectivity index is 1.70. The van der Waals surface area contributed by atoms with E-state index in [4.69, 9.17) is 11.6 Å². The molecule has 0 atom stereocenters. The van der Waals surface area contributed by atoms with E-state index in [1.807, 2.05) is 0 Å². The number of fused-ring (bicyclic) bond motifs is 1. The van der Waals surface area contributed by atoms with Gasteiger partial charge in [-0.2, -0.15) is 0 Å². The quantitative estimate of drug-likeness (QED) is 0.449. The predicted octanol–water partition coefficient (Wildman–Crippen LogP) is 3.68. The second-order valence-corrected chi connectivity index (χ2v) is 13.1. The van der Waals surface area contributed by atoms with Crippen LogP contribution in [0.1, 0.15) is 11.1 Å². The monoisotopic (exact) mass is 547 g/mol. The van der Waals surface area contributed by atoms with Crippen molar-refractivity contribution in [2.75, 3.05) is 36.4 Å². The molecule has 3 aromatic rings. The van der Waals surface area contributed by atoms with E-state index in [1.54, 1.807) is 55.5 Å². The predicted molar refractivity (Wildman–Crippen MR) is 141 cm³/mol. The molecule has 4 rings (SSSR count). The van der Waals surface area contributed by atoms with E-state index in [0.29, 0.717) is 40.5 Å². The first-order valence-electron chi connectivity index (χ1n) is 11.1. The SMILES string of the molecule is Cc1cc(Cl)ccc1N(CC(=O)N1CCc2cc(S(=O)(=O)N(C)C)ccc21)S(=O)(=O)c1ccccc1. The first-order chi connectivity index (χ1) is 16.9. The van der Waals surface area contributed by atoms with Gasteiger partial charge in [0.2, 0.25) is 15.9 Å². The van der Waals surface area contributed by atoms with Crippen LogP contribution >= 0.6 is 11.6 Å². The zero-order valence-electron chi connectivity index (χ0n) is 20.0. The summed E-state index contributed by atoms with van der Waals surface area (Å²) in [5.41, 5.74) is 2.24. The van der Waals surface area contributed by atoms with Crippen LogP contribution in [0.4, 0.5) is 11.4 Å². The lowest BCUT2D eigenvalue weighted by atomic mass is 10.2. The zero-order chi connectivity index (χ0) is 26.3. The van der Waals surface area contributed by atoms with E-state index >= 15 is 0 Å². The molecule has 0 bridgehead atoms. The molecule has 0 radical (unpaired) electrons. The van der Waals surface area contributed by atoms with Gasteiger partial charge < -0.3 is 4.90 Å². The molecule has 1 heterocycles. The molecule has 11 heteroatoms. The molecule has 0 aliphatic carbocycles. The molecule has 36 heavy (non-hydrogen) atoms. The summed E-state index contributed by atoms with van der Waals surface area (Å²) in [4.78, 5) is 15.2. The maximum absolute atomic E-state index is 13.6. The summed E-state index contributed by atoms with van der Waals surface area (Å²) in [5, 5.41) is 0.455. The number of aryl methyl sites for hydroxylation is 1. The number of halogens is 1. The molecule has 190 valence electrons. The van der Waals surface area contributed by atoms with Gasteiger partial charge in [-0.3, -0.25) is 9.10 Å². The van der Waals surface area contributed by atoms with Crippen molar-refractivity contribution in [2.45, 2.75) is 23.1 Å². The lowest BCUT2D eigenvalue weighted by Gasteiger charge is -2.28. The number of hydrogen-bond donors (Lipinski definition) is 0. The smallest absolute Gasteiger partial charge is 0.264 e. The highest BCUT2D eigenvalue weighted by Gasteiger charge is 2.33. The Morgan fingerprint density at radius 3 is 2.25 bits per heavy atom. The normalized spacial score (nSPS) is 13.6. The summed E-state index contributed by atoms with van der Waals surface area (Å²) in [6.45, 7) is 1.62. The Kier molecular flexibility index (Phi) is 7.16. The maximum Gasteiger partial charge on any atom is 0.264 e. The number of carbonyl (C=O) groups is 1. The highest BCUT2D eigenvalue weighted by molar-refractivity contribution is 7.92. The van der Waals surface area contributed by atoms with E-state index in [9.17, 15) is 21.6 Å². The van der Waals surface area contributed by atoms with Crippen LogP contribution in [0.25, 0.3) is 0 Å². The molecule has 0 unspecified atom stereocenters. The average molecular weight is 548 g/mol. The summed E-state index contributed by atoms with van der Waals surface area (Å²) in [7, 11) is -4.77. The third-order valence-electron chi connectivity index (χ3n) is 6.06. The van der Waals surface area contributed by atoms with Crippen molar-refractivity contribution in [2.24, 2.45) is 0 Å². The van der Waals surface area contributed by atoms with E-state index in [1.165, 1.54) is 37.2 Å². The fraction of sp³-hybridized carbons (Fsp3) is 0.240. The lowest BCUT2D eigenvalue weighted by Crippen LogP contribution is -2.43. The lowest BCUT2D eigenvalue weighted by molar-refractivity contribution is -0.117. The van der Waals surface area contributed by atoms with E-state index < -0.39 is 32.5 Å². The number of amides is 1. The highest BCUT2D eigenvalue weighted by atomic mass is 35.5. The van der Waals surface area contributed by atoms with Gasteiger partial charge in [-0.15, -0.1) is 0 Å². The molecular formula is C25H26ClN3O5S2. The van der Waals surface area contributed by atoms with E-state index in [-0.39, 0.29) is 9.79 Å². The minimum absolute atomic E-state index is 0.0625. The molecule has 1 amide bonds. The molecule has 0 saturated heterocycles. The van der Waals surface area contributed by atoms with Gasteiger partial charge in [-0.1, -0.05) is 29.8 Å². The molecule has 0 saturated carbocycles. The van der Waals surface area contributed by atoms with Gasteiger partial charge >= 0.3 is 0 Å². The van der Waals surface area contributed by atoms with Gasteiger partial charge in [0.1, 0.15) is 6.54 Å². The number of hydrogen-bond acceptors (Lipinski definition) is 5. The maximum atomic E-state index is 13.6. The summed E-state index contributed by atoms with van der Waals surface area (Å²) in [6, 6.07) is 17.4. The first-order valence-corrected chi connectivity index (χ1v) is 14.4. The second-order valence-electron chi connectivity index (χ2n) is 8.63. The Bertz CT molecular complexity index is 1520. The molecule has 0 spiro atoms. The molecule has 1 aliphatic heterocycles. The summed E-state index contributed by atoms with van der Waals surface area (Å²) < 4.78 is 54.5. The van der Waals surface area contributed by atoms with Crippen LogP contribution in [0.3, 0.4) is 0 Å². The minimum atomic E-state index is -4.07. The van der Waals surface area contributed by atoms with Gasteiger partial charge in [-0.05, 0) is 73.0 Å². The van der Waals surface area contributed by atoms with Crippen LogP contribution in [-0.4, -0.2) is 54.2 Å². The van der Waals surface area contributed by atoms with Crippen molar-refractivity contribution in [3.63, 3.8) is 0 Å². The molecule has 0 fully saturated rings. The van der Waals surface area contributed by atoms with Crippen molar-refractivity contribution in [3.8, 4) is 0 Å². The van der Waals surface area contributed by atoms with Gasteiger partial charge in [0.05, 0.1) is 15.5 Å². The van der Waals surface area contributed by atoms with Crippen molar-refractivity contribution in [3.05, 3.63) is 82.9 Å². The molecule has 1 aliphatic rings. The topological polar surface area (TPSA) is 95.1 Å². The standard InChI is InChI=1S/C25H26ClN3O5S2/c1-18-15-20(26)9-11-23(18)29(36(33,34)21-7-5-4-6-8-21)17-25(30)28-14-13-19-16-22(10-12-24(19)28)35(31,32)27(2)3/h4-12,15-16H,13-14,17H2,1-3H3. The van der Waals surface area contributed by atoms with Crippen LogP contribution < -0.4 is 9.21 Å².